The number of nitrogens with one attached hydrogen (secondary N) is 3. The minimum Gasteiger partial charge on any atom is -0.457 e. The van der Waals surface area contributed by atoms with Crippen LogP contribution in [0.15, 0.2) is 97.2 Å². The van der Waals surface area contributed by atoms with Crippen LogP contribution in [0.4, 0.5) is 20.6 Å². The van der Waals surface area contributed by atoms with Gasteiger partial charge in [0.25, 0.3) is 0 Å². The average molecular weight is 565 g/mol. The molecule has 1 aliphatic heterocycles. The lowest BCUT2D eigenvalue weighted by Crippen LogP contribution is -2.50. The number of pyridine rings is 2. The molecule has 10 nitrogen and oxygen atoms in total. The van der Waals surface area contributed by atoms with Crippen molar-refractivity contribution in [1.29, 1.82) is 0 Å². The van der Waals surface area contributed by atoms with Gasteiger partial charge >= 0.3 is 6.03 Å². The summed E-state index contributed by atoms with van der Waals surface area (Å²) in [6.45, 7) is 4.13. The molecule has 0 saturated heterocycles. The zero-order valence-corrected chi connectivity index (χ0v) is 23.2. The van der Waals surface area contributed by atoms with Gasteiger partial charge in [0.1, 0.15) is 23.5 Å². The Hall–Kier alpha value is -5.45. The number of urea groups is 1. The zero-order valence-electron chi connectivity index (χ0n) is 23.2. The van der Waals surface area contributed by atoms with Crippen LogP contribution in [0.3, 0.4) is 0 Å². The van der Waals surface area contributed by atoms with E-state index in [1.807, 2.05) is 54.7 Å². The first kappa shape index (κ1) is 26.8. The van der Waals surface area contributed by atoms with Gasteiger partial charge in [-0.15, -0.1) is 0 Å². The molecule has 0 aliphatic carbocycles. The summed E-state index contributed by atoms with van der Waals surface area (Å²) < 4.78 is 22.6. The SMILES string of the molecule is CC(C)C1=CC(NC(=O)Nc2ccc(Oc3ccnc(-c4cnn(C)c4)c3)cc2F)N(c2ccc3ncccc3c2)N1. The first-order valence-electron chi connectivity index (χ1n) is 13.4. The summed E-state index contributed by atoms with van der Waals surface area (Å²) in [4.78, 5) is 21.7. The van der Waals surface area contributed by atoms with Crippen LogP contribution in [0.1, 0.15) is 13.8 Å². The fourth-order valence-corrected chi connectivity index (χ4v) is 4.63. The van der Waals surface area contributed by atoms with E-state index in [0.29, 0.717) is 11.4 Å². The summed E-state index contributed by atoms with van der Waals surface area (Å²) in [6, 6.07) is 16.9. The summed E-state index contributed by atoms with van der Waals surface area (Å²) >= 11 is 0. The summed E-state index contributed by atoms with van der Waals surface area (Å²) in [6.07, 6.45) is 8.35. The maximum Gasteiger partial charge on any atom is 0.321 e. The van der Waals surface area contributed by atoms with Crippen molar-refractivity contribution < 1.29 is 13.9 Å². The van der Waals surface area contributed by atoms with Crippen molar-refractivity contribution in [2.45, 2.75) is 20.0 Å². The fraction of sp³-hybridized carbons (Fsp3) is 0.161. The second-order valence-electron chi connectivity index (χ2n) is 10.2. The van der Waals surface area contributed by atoms with E-state index in [2.05, 4.69) is 45.0 Å². The van der Waals surface area contributed by atoms with Gasteiger partial charge in [-0.3, -0.25) is 19.7 Å². The van der Waals surface area contributed by atoms with Gasteiger partial charge in [-0.05, 0) is 54.5 Å². The predicted octanol–water partition coefficient (Wildman–Crippen LogP) is 5.97. The van der Waals surface area contributed by atoms with Gasteiger partial charge in [0.2, 0.25) is 0 Å². The van der Waals surface area contributed by atoms with Crippen molar-refractivity contribution >= 4 is 28.3 Å². The second kappa shape index (κ2) is 11.2. The smallest absolute Gasteiger partial charge is 0.321 e. The van der Waals surface area contributed by atoms with Crippen molar-refractivity contribution in [3.63, 3.8) is 0 Å². The van der Waals surface area contributed by atoms with Gasteiger partial charge in [0.15, 0.2) is 0 Å². The Labute approximate surface area is 241 Å². The molecule has 1 aliphatic rings. The van der Waals surface area contributed by atoms with Crippen LogP contribution in [0.25, 0.3) is 22.2 Å². The number of ether oxygens (including phenoxy) is 1. The van der Waals surface area contributed by atoms with Crippen molar-refractivity contribution in [3.8, 4) is 22.8 Å². The Kier molecular flexibility index (Phi) is 7.14. The van der Waals surface area contributed by atoms with Crippen molar-refractivity contribution in [1.82, 2.24) is 30.5 Å². The number of carbonyl (C=O) groups is 1. The predicted molar refractivity (Wildman–Crippen MR) is 159 cm³/mol. The molecule has 11 heteroatoms. The van der Waals surface area contributed by atoms with Gasteiger partial charge < -0.3 is 20.8 Å². The van der Waals surface area contributed by atoms with Crippen LogP contribution < -0.4 is 25.8 Å². The lowest BCUT2D eigenvalue weighted by atomic mass is 10.1. The lowest BCUT2D eigenvalue weighted by molar-refractivity contribution is 0.250. The molecular formula is C31H29FN8O2. The number of halogens is 1. The number of aromatic nitrogens is 4. The van der Waals surface area contributed by atoms with E-state index in [-0.39, 0.29) is 17.4 Å². The third-order valence-corrected chi connectivity index (χ3v) is 6.79. The minimum atomic E-state index is -0.633. The van der Waals surface area contributed by atoms with E-state index < -0.39 is 18.0 Å². The molecule has 2 aromatic carbocycles. The van der Waals surface area contributed by atoms with Crippen LogP contribution in [-0.4, -0.2) is 31.9 Å². The lowest BCUT2D eigenvalue weighted by Gasteiger charge is -2.28. The quantitative estimate of drug-likeness (QED) is 0.223. The van der Waals surface area contributed by atoms with E-state index in [1.54, 1.807) is 41.5 Å². The molecule has 0 bridgehead atoms. The fourth-order valence-electron chi connectivity index (χ4n) is 4.63. The van der Waals surface area contributed by atoms with E-state index in [4.69, 9.17) is 4.74 Å². The molecule has 212 valence electrons. The highest BCUT2D eigenvalue weighted by Gasteiger charge is 2.28. The number of rotatable bonds is 7. The number of hydrogen-bond acceptors (Lipinski definition) is 7. The van der Waals surface area contributed by atoms with E-state index in [0.717, 1.165) is 27.9 Å². The Morgan fingerprint density at radius 3 is 2.69 bits per heavy atom. The van der Waals surface area contributed by atoms with Crippen LogP contribution >= 0.6 is 0 Å². The Bertz CT molecular complexity index is 1800. The molecule has 5 aromatic rings. The summed E-state index contributed by atoms with van der Waals surface area (Å²) in [5, 5.41) is 12.5. The third kappa shape index (κ3) is 5.71. The van der Waals surface area contributed by atoms with Crippen molar-refractivity contribution in [2.75, 3.05) is 10.3 Å². The van der Waals surface area contributed by atoms with Gasteiger partial charge in [-0.2, -0.15) is 5.10 Å². The van der Waals surface area contributed by atoms with Gasteiger partial charge in [0.05, 0.1) is 28.8 Å². The molecule has 0 saturated carbocycles. The van der Waals surface area contributed by atoms with Crippen LogP contribution in [0, 0.1) is 11.7 Å². The third-order valence-electron chi connectivity index (χ3n) is 6.79. The van der Waals surface area contributed by atoms with Crippen LogP contribution in [-0.2, 0) is 7.05 Å². The zero-order chi connectivity index (χ0) is 29.2. The first-order chi connectivity index (χ1) is 20.3. The van der Waals surface area contributed by atoms with E-state index in [9.17, 15) is 4.79 Å². The molecule has 2 amide bonds. The maximum atomic E-state index is 15.0. The summed E-state index contributed by atoms with van der Waals surface area (Å²) in [5.74, 6) is 0.345. The number of allylic oxidation sites excluding steroid dienone is 1. The molecule has 1 unspecified atom stereocenters. The molecule has 0 radical (unpaired) electrons. The molecule has 42 heavy (non-hydrogen) atoms. The maximum absolute atomic E-state index is 15.0. The molecule has 0 spiro atoms. The van der Waals surface area contributed by atoms with Crippen LogP contribution in [0.2, 0.25) is 0 Å². The number of benzene rings is 2. The van der Waals surface area contributed by atoms with Gasteiger partial charge in [-0.1, -0.05) is 19.9 Å². The molecule has 6 rings (SSSR count). The molecule has 3 N–H and O–H groups in total. The monoisotopic (exact) mass is 564 g/mol. The highest BCUT2D eigenvalue weighted by Crippen LogP contribution is 2.29. The first-order valence-corrected chi connectivity index (χ1v) is 13.4. The highest BCUT2D eigenvalue weighted by molar-refractivity contribution is 5.90. The van der Waals surface area contributed by atoms with Gasteiger partial charge in [-0.25, -0.2) is 9.18 Å². The minimum absolute atomic E-state index is 0.0213. The number of aryl methyl sites for hydroxylation is 1. The molecule has 1 atom stereocenters. The number of hydrazine groups is 1. The standard InChI is InChI=1S/C31H29FN8O2/c1-19(2)28-16-30(40(38-28)22-6-8-26-20(13-22)5-4-11-33-26)37-31(41)36-27-9-7-23(14-25(27)32)42-24-10-12-34-29(15-24)21-17-35-39(3)18-21/h4-19,30,38H,1-3H3,(H2,36,37,41). The topological polar surface area (TPSA) is 109 Å². The number of hydrogen-bond donors (Lipinski definition) is 3. The normalized spacial score (nSPS) is 14.5. The average Bonchev–Trinajstić information content (AvgIpc) is 3.61. The second-order valence-corrected chi connectivity index (χ2v) is 10.2. The number of amides is 2. The number of nitrogens with zero attached hydrogens (tertiary/aromatic N) is 5. The summed E-state index contributed by atoms with van der Waals surface area (Å²) in [7, 11) is 1.82. The Morgan fingerprint density at radius 1 is 1.05 bits per heavy atom. The Balaban J connectivity index is 1.14. The summed E-state index contributed by atoms with van der Waals surface area (Å²) in [5.41, 5.74) is 7.61. The van der Waals surface area contributed by atoms with Crippen LogP contribution in [0.5, 0.6) is 11.5 Å². The number of carbonyl (C=O) groups excluding carboxylic acids is 1. The Morgan fingerprint density at radius 2 is 1.90 bits per heavy atom. The molecule has 3 aromatic heterocycles. The highest BCUT2D eigenvalue weighted by atomic mass is 19.1. The largest absolute Gasteiger partial charge is 0.457 e. The number of fused-ring (bicyclic) bond motifs is 1. The van der Waals surface area contributed by atoms with Crippen molar-refractivity contribution in [2.24, 2.45) is 13.0 Å². The molecular weight excluding hydrogens is 535 g/mol. The van der Waals surface area contributed by atoms with E-state index >= 15 is 4.39 Å². The molecule has 4 heterocycles. The number of anilines is 2. The molecule has 0 fully saturated rings. The van der Waals surface area contributed by atoms with E-state index in [1.165, 1.54) is 12.1 Å². The van der Waals surface area contributed by atoms with Crippen molar-refractivity contribution in [3.05, 3.63) is 103 Å². The van der Waals surface area contributed by atoms with Gasteiger partial charge in [0, 0.05) is 54.4 Å².